The van der Waals surface area contributed by atoms with Crippen molar-refractivity contribution in [1.82, 2.24) is 9.80 Å². The zero-order valence-corrected chi connectivity index (χ0v) is 15.4. The molecule has 0 radical (unpaired) electrons. The van der Waals surface area contributed by atoms with E-state index in [0.717, 1.165) is 51.4 Å². The maximum absolute atomic E-state index is 11.2. The number of ether oxygens (including phenoxy) is 1. The summed E-state index contributed by atoms with van der Waals surface area (Å²) in [6.45, 7) is 6.21. The Labute approximate surface area is 155 Å². The quantitative estimate of drug-likeness (QED) is 0.867. The van der Waals surface area contributed by atoms with Gasteiger partial charge in [-0.1, -0.05) is 24.3 Å². The molecule has 1 fully saturated rings. The fraction of sp³-hybridized carbons (Fsp3) is 0.381. The van der Waals surface area contributed by atoms with Gasteiger partial charge in [-0.15, -0.1) is 0 Å². The van der Waals surface area contributed by atoms with E-state index in [2.05, 4.69) is 21.9 Å². The Balaban J connectivity index is 1.51. The van der Waals surface area contributed by atoms with E-state index in [-0.39, 0.29) is 5.91 Å². The van der Waals surface area contributed by atoms with Crippen molar-refractivity contribution < 1.29 is 9.53 Å². The molecule has 0 saturated carbocycles. The normalized spacial score (nSPS) is 16.2. The zero-order valence-electron chi connectivity index (χ0n) is 15.4. The third-order valence-corrected chi connectivity index (χ3v) is 4.89. The number of benzene rings is 2. The van der Waals surface area contributed by atoms with Crippen LogP contribution < -0.4 is 10.5 Å². The summed E-state index contributed by atoms with van der Waals surface area (Å²) in [5, 5.41) is 0. The maximum Gasteiger partial charge on any atom is 0.248 e. The van der Waals surface area contributed by atoms with Crippen molar-refractivity contribution in [2.24, 2.45) is 5.73 Å². The fourth-order valence-corrected chi connectivity index (χ4v) is 3.36. The smallest absolute Gasteiger partial charge is 0.248 e. The number of nitrogens with zero attached hydrogens (tertiary/aromatic N) is 2. The molecule has 0 aliphatic carbocycles. The monoisotopic (exact) mass is 353 g/mol. The van der Waals surface area contributed by atoms with Crippen LogP contribution in [0.25, 0.3) is 0 Å². The van der Waals surface area contributed by atoms with E-state index in [1.54, 1.807) is 7.11 Å². The SMILES string of the molecule is COc1ccc(CN2CCCN(Cc3ccc(C(N)=O)cc3)CC2)cc1. The van der Waals surface area contributed by atoms with Crippen molar-refractivity contribution in [2.75, 3.05) is 33.3 Å². The fourth-order valence-electron chi connectivity index (χ4n) is 3.36. The van der Waals surface area contributed by atoms with Gasteiger partial charge in [0.2, 0.25) is 5.91 Å². The molecule has 2 N–H and O–H groups in total. The minimum atomic E-state index is -0.375. The molecule has 2 aromatic rings. The molecule has 0 unspecified atom stereocenters. The number of hydrogen-bond acceptors (Lipinski definition) is 4. The minimum Gasteiger partial charge on any atom is -0.497 e. The molecule has 1 heterocycles. The van der Waals surface area contributed by atoms with Crippen LogP contribution in [-0.4, -0.2) is 49.0 Å². The standard InChI is InChI=1S/C21H27N3O2/c1-26-20-9-5-18(6-10-20)16-24-12-2-11-23(13-14-24)15-17-3-7-19(8-4-17)21(22)25/h3-10H,2,11-16H2,1H3,(H2,22,25). The summed E-state index contributed by atoms with van der Waals surface area (Å²) in [4.78, 5) is 16.2. The molecular formula is C21H27N3O2. The van der Waals surface area contributed by atoms with Crippen LogP contribution in [0.3, 0.4) is 0 Å². The van der Waals surface area contributed by atoms with Gasteiger partial charge in [0.15, 0.2) is 0 Å². The number of rotatable bonds is 6. The Morgan fingerprint density at radius 2 is 1.38 bits per heavy atom. The van der Waals surface area contributed by atoms with E-state index < -0.39 is 0 Å². The van der Waals surface area contributed by atoms with Crippen LogP contribution in [-0.2, 0) is 13.1 Å². The summed E-state index contributed by atoms with van der Waals surface area (Å²) in [5.74, 6) is 0.527. The van der Waals surface area contributed by atoms with E-state index in [4.69, 9.17) is 10.5 Å². The van der Waals surface area contributed by atoms with Gasteiger partial charge < -0.3 is 10.5 Å². The Morgan fingerprint density at radius 3 is 1.85 bits per heavy atom. The molecule has 0 bridgehead atoms. The van der Waals surface area contributed by atoms with Crippen LogP contribution in [0.5, 0.6) is 5.75 Å². The van der Waals surface area contributed by atoms with Crippen LogP contribution in [0.1, 0.15) is 27.9 Å². The number of nitrogens with two attached hydrogens (primary N) is 1. The Morgan fingerprint density at radius 1 is 0.885 bits per heavy atom. The van der Waals surface area contributed by atoms with Crippen LogP contribution in [0.15, 0.2) is 48.5 Å². The van der Waals surface area contributed by atoms with Crippen molar-refractivity contribution in [3.8, 4) is 5.75 Å². The second-order valence-electron chi connectivity index (χ2n) is 6.82. The van der Waals surface area contributed by atoms with E-state index in [1.165, 1.54) is 11.1 Å². The molecule has 3 rings (SSSR count). The van der Waals surface area contributed by atoms with Gasteiger partial charge in [0.05, 0.1) is 7.11 Å². The summed E-state index contributed by atoms with van der Waals surface area (Å²) in [6, 6.07) is 15.9. The minimum absolute atomic E-state index is 0.375. The summed E-state index contributed by atoms with van der Waals surface area (Å²) in [5.41, 5.74) is 8.41. The highest BCUT2D eigenvalue weighted by Gasteiger charge is 2.15. The average Bonchev–Trinajstić information content (AvgIpc) is 2.88. The van der Waals surface area contributed by atoms with Crippen LogP contribution in [0.2, 0.25) is 0 Å². The molecule has 1 amide bonds. The van der Waals surface area contributed by atoms with Crippen molar-refractivity contribution in [3.63, 3.8) is 0 Å². The van der Waals surface area contributed by atoms with Gasteiger partial charge in [-0.3, -0.25) is 14.6 Å². The molecule has 1 aliphatic heterocycles. The largest absolute Gasteiger partial charge is 0.497 e. The molecule has 26 heavy (non-hydrogen) atoms. The molecule has 5 nitrogen and oxygen atoms in total. The molecule has 1 aliphatic rings. The van der Waals surface area contributed by atoms with E-state index in [0.29, 0.717) is 5.56 Å². The van der Waals surface area contributed by atoms with Crippen molar-refractivity contribution in [1.29, 1.82) is 0 Å². The van der Waals surface area contributed by atoms with E-state index in [9.17, 15) is 4.79 Å². The number of hydrogen-bond donors (Lipinski definition) is 1. The van der Waals surface area contributed by atoms with E-state index in [1.807, 2.05) is 36.4 Å². The molecule has 1 saturated heterocycles. The maximum atomic E-state index is 11.2. The molecular weight excluding hydrogens is 326 g/mol. The topological polar surface area (TPSA) is 58.8 Å². The first-order chi connectivity index (χ1) is 12.6. The Hall–Kier alpha value is -2.37. The number of methoxy groups -OCH3 is 1. The first-order valence-corrected chi connectivity index (χ1v) is 9.10. The Bertz CT molecular complexity index is 713. The van der Waals surface area contributed by atoms with Gasteiger partial charge in [0.25, 0.3) is 0 Å². The van der Waals surface area contributed by atoms with Crippen LogP contribution in [0.4, 0.5) is 0 Å². The summed E-state index contributed by atoms with van der Waals surface area (Å²) in [7, 11) is 1.69. The predicted octanol–water partition coefficient (Wildman–Crippen LogP) is 2.50. The lowest BCUT2D eigenvalue weighted by Gasteiger charge is -2.22. The van der Waals surface area contributed by atoms with Gasteiger partial charge in [-0.05, 0) is 54.9 Å². The number of carbonyl (C=O) groups excluding carboxylic acids is 1. The predicted molar refractivity (Wildman–Crippen MR) is 103 cm³/mol. The van der Waals surface area contributed by atoms with Crippen molar-refractivity contribution >= 4 is 5.91 Å². The molecule has 0 aromatic heterocycles. The van der Waals surface area contributed by atoms with Crippen molar-refractivity contribution in [3.05, 3.63) is 65.2 Å². The van der Waals surface area contributed by atoms with Crippen LogP contribution >= 0.6 is 0 Å². The highest BCUT2D eigenvalue weighted by atomic mass is 16.5. The van der Waals surface area contributed by atoms with Gasteiger partial charge in [-0.2, -0.15) is 0 Å². The summed E-state index contributed by atoms with van der Waals surface area (Å²) < 4.78 is 5.22. The second kappa shape index (κ2) is 8.83. The molecule has 0 spiro atoms. The number of carbonyl (C=O) groups is 1. The number of primary amides is 1. The van der Waals surface area contributed by atoms with Gasteiger partial charge >= 0.3 is 0 Å². The molecule has 138 valence electrons. The molecule has 2 aromatic carbocycles. The third kappa shape index (κ3) is 5.07. The average molecular weight is 353 g/mol. The lowest BCUT2D eigenvalue weighted by molar-refractivity contribution is 0.100. The third-order valence-electron chi connectivity index (χ3n) is 4.89. The molecule has 0 atom stereocenters. The summed E-state index contributed by atoms with van der Waals surface area (Å²) in [6.07, 6.45) is 1.16. The Kier molecular flexibility index (Phi) is 6.26. The van der Waals surface area contributed by atoms with Gasteiger partial charge in [-0.25, -0.2) is 0 Å². The highest BCUT2D eigenvalue weighted by molar-refractivity contribution is 5.92. The first kappa shape index (κ1) is 18.4. The second-order valence-corrected chi connectivity index (χ2v) is 6.82. The lowest BCUT2D eigenvalue weighted by Crippen LogP contribution is -2.30. The highest BCUT2D eigenvalue weighted by Crippen LogP contribution is 2.15. The van der Waals surface area contributed by atoms with Crippen molar-refractivity contribution in [2.45, 2.75) is 19.5 Å². The lowest BCUT2D eigenvalue weighted by atomic mass is 10.1. The van der Waals surface area contributed by atoms with Gasteiger partial charge in [0.1, 0.15) is 5.75 Å². The summed E-state index contributed by atoms with van der Waals surface area (Å²) >= 11 is 0. The van der Waals surface area contributed by atoms with E-state index >= 15 is 0 Å². The zero-order chi connectivity index (χ0) is 18.4. The van der Waals surface area contributed by atoms with Crippen LogP contribution in [0, 0.1) is 0 Å². The van der Waals surface area contributed by atoms with Gasteiger partial charge in [0, 0.05) is 31.7 Å². The first-order valence-electron chi connectivity index (χ1n) is 9.10. The number of amides is 1. The molecule has 5 heteroatoms.